The molecule has 3 rings (SSSR count). The van der Waals surface area contributed by atoms with Crippen LogP contribution in [0.25, 0.3) is 16.7 Å². The number of allylic oxidation sites excluding steroid dienone is 8. The van der Waals surface area contributed by atoms with Crippen LogP contribution in [-0.2, 0) is 0 Å². The van der Waals surface area contributed by atoms with Gasteiger partial charge in [-0.25, -0.2) is 0 Å². The number of hydrogen-bond donors (Lipinski definition) is 0. The Kier molecular flexibility index (Phi) is 15.0. The molecule has 3 aromatic carbocycles. The van der Waals surface area contributed by atoms with E-state index in [1.165, 1.54) is 39.8 Å². The lowest BCUT2D eigenvalue weighted by Gasteiger charge is -2.20. The molecule has 1 unspecified atom stereocenters. The van der Waals surface area contributed by atoms with Crippen LogP contribution < -0.4 is 0 Å². The first-order valence-corrected chi connectivity index (χ1v) is 13.1. The summed E-state index contributed by atoms with van der Waals surface area (Å²) < 4.78 is 0. The summed E-state index contributed by atoms with van der Waals surface area (Å²) >= 11 is 0. The maximum Gasteiger partial charge on any atom is 0.0336 e. The van der Waals surface area contributed by atoms with Crippen LogP contribution in [0.4, 0.5) is 0 Å². The second-order valence-corrected chi connectivity index (χ2v) is 8.10. The summed E-state index contributed by atoms with van der Waals surface area (Å²) in [6.07, 6.45) is 13.4. The third-order valence-electron chi connectivity index (χ3n) is 5.47. The highest BCUT2D eigenvalue weighted by molar-refractivity contribution is 5.75. The van der Waals surface area contributed by atoms with Crippen molar-refractivity contribution in [1.82, 2.24) is 0 Å². The van der Waals surface area contributed by atoms with Crippen LogP contribution in [0.15, 0.2) is 134 Å². The predicted molar refractivity (Wildman–Crippen MR) is 164 cm³/mol. The largest absolute Gasteiger partial charge is 0.0990 e. The molecule has 0 aliphatic carbocycles. The maximum absolute atomic E-state index is 4.07. The average molecular weight is 477 g/mol. The Morgan fingerprint density at radius 1 is 0.750 bits per heavy atom. The highest BCUT2D eigenvalue weighted by Gasteiger charge is 2.17. The Hall–Kier alpha value is -3.64. The van der Waals surface area contributed by atoms with Gasteiger partial charge in [0.05, 0.1) is 0 Å². The van der Waals surface area contributed by atoms with E-state index in [2.05, 4.69) is 125 Å². The van der Waals surface area contributed by atoms with E-state index in [1.807, 2.05) is 45.1 Å². The Labute approximate surface area is 221 Å². The Bertz CT molecular complexity index is 1100. The second kappa shape index (κ2) is 17.7. The molecule has 0 heteroatoms. The Morgan fingerprint density at radius 2 is 1.25 bits per heavy atom. The summed E-state index contributed by atoms with van der Waals surface area (Å²) in [7, 11) is 0. The lowest BCUT2D eigenvalue weighted by Crippen LogP contribution is -2.04. The van der Waals surface area contributed by atoms with Crippen molar-refractivity contribution in [3.8, 4) is 11.1 Å². The molecule has 0 aliphatic heterocycles. The van der Waals surface area contributed by atoms with Gasteiger partial charge in [-0.3, -0.25) is 0 Å². The molecule has 0 aromatic heterocycles. The number of rotatable bonds is 8. The molecule has 188 valence electrons. The average Bonchev–Trinajstić information content (AvgIpc) is 2.94. The van der Waals surface area contributed by atoms with E-state index in [1.54, 1.807) is 0 Å². The van der Waals surface area contributed by atoms with Crippen molar-refractivity contribution >= 4 is 5.57 Å². The fourth-order valence-electron chi connectivity index (χ4n) is 3.90. The minimum Gasteiger partial charge on any atom is -0.0990 e. The summed E-state index contributed by atoms with van der Waals surface area (Å²) in [4.78, 5) is 0. The van der Waals surface area contributed by atoms with Gasteiger partial charge in [0.2, 0.25) is 0 Å². The number of hydrogen-bond acceptors (Lipinski definition) is 0. The van der Waals surface area contributed by atoms with Gasteiger partial charge in [-0.15, -0.1) is 0 Å². The molecule has 0 bridgehead atoms. The van der Waals surface area contributed by atoms with Crippen LogP contribution in [0.3, 0.4) is 0 Å². The molecule has 0 saturated heterocycles. The minimum atomic E-state index is 0.148. The van der Waals surface area contributed by atoms with Crippen molar-refractivity contribution in [2.24, 2.45) is 0 Å². The molecule has 3 aromatic rings. The van der Waals surface area contributed by atoms with Gasteiger partial charge in [0.15, 0.2) is 0 Å². The van der Waals surface area contributed by atoms with Crippen LogP contribution in [0.1, 0.15) is 70.6 Å². The third kappa shape index (κ3) is 8.86. The van der Waals surface area contributed by atoms with Crippen molar-refractivity contribution in [1.29, 1.82) is 0 Å². The van der Waals surface area contributed by atoms with Gasteiger partial charge in [-0.2, -0.15) is 0 Å². The summed E-state index contributed by atoms with van der Waals surface area (Å²) in [5, 5.41) is 0. The normalized spacial score (nSPS) is 12.1. The van der Waals surface area contributed by atoms with E-state index in [-0.39, 0.29) is 5.92 Å². The molecule has 0 nitrogen and oxygen atoms in total. The maximum atomic E-state index is 4.07. The fourth-order valence-corrected chi connectivity index (χ4v) is 3.90. The van der Waals surface area contributed by atoms with Gasteiger partial charge in [-0.1, -0.05) is 163 Å². The highest BCUT2D eigenvalue weighted by Crippen LogP contribution is 2.34. The molecule has 0 radical (unpaired) electrons. The SMILES string of the molecule is C=C/C=C(\C=C/C)c1ccc(C(/C(C=C)=C/C)c2ccc(-c3ccccc3)cc2)cc1.CC.CCC. The van der Waals surface area contributed by atoms with Crippen LogP contribution in [0.2, 0.25) is 0 Å². The predicted octanol–water partition coefficient (Wildman–Crippen LogP) is 11.2. The van der Waals surface area contributed by atoms with Gasteiger partial charge < -0.3 is 0 Å². The molecular weight excluding hydrogens is 432 g/mol. The molecule has 0 N–H and O–H groups in total. The zero-order valence-electron chi connectivity index (χ0n) is 23.2. The molecule has 36 heavy (non-hydrogen) atoms. The second-order valence-electron chi connectivity index (χ2n) is 8.10. The van der Waals surface area contributed by atoms with E-state index in [0.717, 1.165) is 5.57 Å². The van der Waals surface area contributed by atoms with Crippen LogP contribution in [0.5, 0.6) is 0 Å². The molecule has 0 saturated carbocycles. The van der Waals surface area contributed by atoms with E-state index < -0.39 is 0 Å². The van der Waals surface area contributed by atoms with E-state index in [0.29, 0.717) is 0 Å². The number of benzene rings is 3. The van der Waals surface area contributed by atoms with Crippen LogP contribution in [0, 0.1) is 0 Å². The zero-order valence-corrected chi connectivity index (χ0v) is 23.2. The third-order valence-corrected chi connectivity index (χ3v) is 5.47. The van der Waals surface area contributed by atoms with Crippen LogP contribution >= 0.6 is 0 Å². The minimum absolute atomic E-state index is 0.148. The standard InChI is InChI=1S/C31H30.C3H8.C2H6/c1-5-12-25(13-6-2)27-16-20-29(21-17-27)31(24(7-3)8-4)30-22-18-28(19-23-30)26-14-10-9-11-15-26;1-3-2;1-2/h5-23,31H,1,3H2,2,4H3;3H2,1-2H3;1-2H3/b13-6-,24-8+,25-12+;;. The fraction of sp³-hybridized carbons (Fsp3) is 0.222. The van der Waals surface area contributed by atoms with Gasteiger partial charge in [0.25, 0.3) is 0 Å². The summed E-state index contributed by atoms with van der Waals surface area (Å²) in [6.45, 7) is 20.3. The lowest BCUT2D eigenvalue weighted by atomic mass is 9.83. The molecule has 1 atom stereocenters. The smallest absolute Gasteiger partial charge is 0.0336 e. The van der Waals surface area contributed by atoms with Gasteiger partial charge in [0.1, 0.15) is 0 Å². The van der Waals surface area contributed by atoms with Crippen LogP contribution in [-0.4, -0.2) is 0 Å². The molecular formula is C36H44. The molecule has 0 amide bonds. The van der Waals surface area contributed by atoms with Gasteiger partial charge in [0, 0.05) is 5.92 Å². The first kappa shape index (κ1) is 30.4. The summed E-state index contributed by atoms with van der Waals surface area (Å²) in [5.74, 6) is 0.148. The summed E-state index contributed by atoms with van der Waals surface area (Å²) in [5.41, 5.74) is 8.51. The molecule has 0 heterocycles. The van der Waals surface area contributed by atoms with E-state index >= 15 is 0 Å². The van der Waals surface area contributed by atoms with E-state index in [4.69, 9.17) is 0 Å². The zero-order chi connectivity index (χ0) is 26.8. The van der Waals surface area contributed by atoms with Crippen molar-refractivity contribution < 1.29 is 0 Å². The van der Waals surface area contributed by atoms with E-state index in [9.17, 15) is 0 Å². The summed E-state index contributed by atoms with van der Waals surface area (Å²) in [6, 6.07) is 28.2. The first-order valence-electron chi connectivity index (χ1n) is 13.1. The van der Waals surface area contributed by atoms with Crippen molar-refractivity contribution in [3.05, 3.63) is 151 Å². The molecule has 0 spiro atoms. The highest BCUT2D eigenvalue weighted by atomic mass is 14.2. The quantitative estimate of drug-likeness (QED) is 0.284. The van der Waals surface area contributed by atoms with Crippen molar-refractivity contribution in [3.63, 3.8) is 0 Å². The Balaban J connectivity index is 0.00000120. The van der Waals surface area contributed by atoms with Gasteiger partial charge in [-0.05, 0) is 52.8 Å². The van der Waals surface area contributed by atoms with Crippen molar-refractivity contribution in [2.75, 3.05) is 0 Å². The first-order chi connectivity index (χ1) is 17.6. The van der Waals surface area contributed by atoms with Crippen molar-refractivity contribution in [2.45, 2.75) is 53.9 Å². The lowest BCUT2D eigenvalue weighted by molar-refractivity contribution is 0.974. The topological polar surface area (TPSA) is 0 Å². The van der Waals surface area contributed by atoms with Gasteiger partial charge >= 0.3 is 0 Å². The molecule has 0 aliphatic rings. The monoisotopic (exact) mass is 476 g/mol. The molecule has 0 fully saturated rings. The Morgan fingerprint density at radius 3 is 1.69 bits per heavy atom.